The molecule has 2 heterocycles. The van der Waals surface area contributed by atoms with Crippen molar-refractivity contribution in [2.75, 3.05) is 24.2 Å². The third-order valence-electron chi connectivity index (χ3n) is 5.10. The molecule has 0 aromatic carbocycles. The van der Waals surface area contributed by atoms with Gasteiger partial charge in [-0.05, 0) is 51.0 Å². The normalized spacial score (nSPS) is 19.2. The summed E-state index contributed by atoms with van der Waals surface area (Å²) in [6.45, 7) is 2.41. The molecule has 0 unspecified atom stereocenters. The molecule has 0 spiro atoms. The summed E-state index contributed by atoms with van der Waals surface area (Å²) in [7, 11) is -3.18. The summed E-state index contributed by atoms with van der Waals surface area (Å²) in [5.41, 5.74) is 1.73. The number of aryl methyl sites for hydroxylation is 1. The van der Waals surface area contributed by atoms with Crippen LogP contribution in [-0.2, 0) is 27.7 Å². The Morgan fingerprint density at radius 1 is 1.32 bits per heavy atom. The third-order valence-corrected chi connectivity index (χ3v) is 8.19. The zero-order chi connectivity index (χ0) is 18.0. The number of amides is 1. The summed E-state index contributed by atoms with van der Waals surface area (Å²) in [4.78, 5) is 13.8. The Labute approximate surface area is 152 Å². The van der Waals surface area contributed by atoms with Crippen LogP contribution in [0.2, 0.25) is 0 Å². The van der Waals surface area contributed by atoms with Crippen LogP contribution >= 0.6 is 11.3 Å². The number of carbonyl (C=O) groups excluding carboxylic acids is 1. The number of hydrogen-bond donors (Lipinski definition) is 1. The van der Waals surface area contributed by atoms with E-state index in [9.17, 15) is 18.5 Å². The van der Waals surface area contributed by atoms with E-state index in [2.05, 4.69) is 11.4 Å². The highest BCUT2D eigenvalue weighted by molar-refractivity contribution is 7.89. The standard InChI is InChI=1S/C17H23N3O3S2/c1-2-25(22,23)20-9-7-12(8-10-20)16(21)19-17-14(11-18)13-5-3-4-6-15(13)24-17/h12H,2-10H2,1H3,(H,19,21). The van der Waals surface area contributed by atoms with E-state index in [-0.39, 0.29) is 17.6 Å². The lowest BCUT2D eigenvalue weighted by atomic mass is 9.95. The highest BCUT2D eigenvalue weighted by Crippen LogP contribution is 2.38. The predicted molar refractivity (Wildman–Crippen MR) is 98.1 cm³/mol. The van der Waals surface area contributed by atoms with Gasteiger partial charge in [0.25, 0.3) is 0 Å². The number of nitrogens with zero attached hydrogens (tertiary/aromatic N) is 2. The van der Waals surface area contributed by atoms with Gasteiger partial charge in [0.05, 0.1) is 11.3 Å². The summed E-state index contributed by atoms with van der Waals surface area (Å²) in [5, 5.41) is 13.1. The summed E-state index contributed by atoms with van der Waals surface area (Å²) in [5.74, 6) is -0.200. The van der Waals surface area contributed by atoms with Crippen LogP contribution in [0.25, 0.3) is 0 Å². The highest BCUT2D eigenvalue weighted by Gasteiger charge is 2.31. The van der Waals surface area contributed by atoms with Gasteiger partial charge in [-0.3, -0.25) is 4.79 Å². The summed E-state index contributed by atoms with van der Waals surface area (Å²) in [6.07, 6.45) is 5.18. The first-order valence-electron chi connectivity index (χ1n) is 8.79. The second-order valence-corrected chi connectivity index (χ2v) is 9.95. The smallest absolute Gasteiger partial charge is 0.228 e. The Morgan fingerprint density at radius 2 is 2.00 bits per heavy atom. The van der Waals surface area contributed by atoms with Crippen LogP contribution in [0, 0.1) is 17.2 Å². The van der Waals surface area contributed by atoms with Crippen LogP contribution in [-0.4, -0.2) is 37.5 Å². The second-order valence-electron chi connectivity index (χ2n) is 6.59. The number of nitriles is 1. The fourth-order valence-corrected chi connectivity index (χ4v) is 5.94. The van der Waals surface area contributed by atoms with Crippen molar-refractivity contribution in [3.05, 3.63) is 16.0 Å². The number of hydrogen-bond acceptors (Lipinski definition) is 5. The van der Waals surface area contributed by atoms with Crippen LogP contribution in [0.3, 0.4) is 0 Å². The van der Waals surface area contributed by atoms with E-state index in [0.29, 0.717) is 36.5 Å². The minimum absolute atomic E-state index is 0.0934. The van der Waals surface area contributed by atoms with Gasteiger partial charge in [-0.2, -0.15) is 5.26 Å². The lowest BCUT2D eigenvalue weighted by Crippen LogP contribution is -2.42. The minimum atomic E-state index is -3.18. The van der Waals surface area contributed by atoms with Crippen LogP contribution in [0.5, 0.6) is 0 Å². The van der Waals surface area contributed by atoms with Crippen molar-refractivity contribution in [2.24, 2.45) is 5.92 Å². The summed E-state index contributed by atoms with van der Waals surface area (Å²) >= 11 is 1.53. The lowest BCUT2D eigenvalue weighted by Gasteiger charge is -2.30. The molecule has 0 bridgehead atoms. The minimum Gasteiger partial charge on any atom is -0.316 e. The summed E-state index contributed by atoms with van der Waals surface area (Å²) < 4.78 is 25.3. The first-order chi connectivity index (χ1) is 12.0. The van der Waals surface area contributed by atoms with Gasteiger partial charge in [0.1, 0.15) is 11.1 Å². The number of fused-ring (bicyclic) bond motifs is 1. The van der Waals surface area contributed by atoms with E-state index in [0.717, 1.165) is 31.2 Å². The first kappa shape index (κ1) is 18.4. The van der Waals surface area contributed by atoms with Crippen molar-refractivity contribution in [1.29, 1.82) is 5.26 Å². The average Bonchev–Trinajstić information content (AvgIpc) is 2.98. The fraction of sp³-hybridized carbons (Fsp3) is 0.647. The van der Waals surface area contributed by atoms with E-state index in [4.69, 9.17) is 0 Å². The molecular formula is C17H23N3O3S2. The van der Waals surface area contributed by atoms with Crippen molar-refractivity contribution in [2.45, 2.75) is 45.4 Å². The Bertz CT molecular complexity index is 800. The fourth-order valence-electron chi connectivity index (χ4n) is 3.56. The second kappa shape index (κ2) is 7.44. The van der Waals surface area contributed by atoms with Crippen molar-refractivity contribution in [1.82, 2.24) is 4.31 Å². The number of thiophene rings is 1. The number of anilines is 1. The zero-order valence-electron chi connectivity index (χ0n) is 14.4. The molecule has 8 heteroatoms. The Balaban J connectivity index is 1.66. The van der Waals surface area contributed by atoms with E-state index < -0.39 is 10.0 Å². The van der Waals surface area contributed by atoms with Gasteiger partial charge in [-0.25, -0.2) is 12.7 Å². The molecule has 1 amide bonds. The monoisotopic (exact) mass is 381 g/mol. The maximum atomic E-state index is 12.6. The van der Waals surface area contributed by atoms with Crippen molar-refractivity contribution < 1.29 is 13.2 Å². The number of carbonyl (C=O) groups is 1. The highest BCUT2D eigenvalue weighted by atomic mass is 32.2. The molecule has 1 aliphatic carbocycles. The lowest BCUT2D eigenvalue weighted by molar-refractivity contribution is -0.120. The van der Waals surface area contributed by atoms with E-state index in [1.165, 1.54) is 20.5 Å². The van der Waals surface area contributed by atoms with Gasteiger partial charge in [-0.15, -0.1) is 11.3 Å². The van der Waals surface area contributed by atoms with Gasteiger partial charge in [-0.1, -0.05) is 0 Å². The molecule has 1 saturated heterocycles. The quantitative estimate of drug-likeness (QED) is 0.867. The molecule has 1 aromatic rings. The number of piperidine rings is 1. The molecule has 1 N–H and O–H groups in total. The summed E-state index contributed by atoms with van der Waals surface area (Å²) in [6, 6.07) is 2.25. The maximum absolute atomic E-state index is 12.6. The largest absolute Gasteiger partial charge is 0.316 e. The van der Waals surface area contributed by atoms with E-state index in [1.807, 2.05) is 0 Å². The Morgan fingerprint density at radius 3 is 2.64 bits per heavy atom. The van der Waals surface area contributed by atoms with Gasteiger partial charge >= 0.3 is 0 Å². The third kappa shape index (κ3) is 3.73. The molecule has 0 saturated carbocycles. The van der Waals surface area contributed by atoms with Crippen molar-refractivity contribution >= 4 is 32.3 Å². The van der Waals surface area contributed by atoms with E-state index in [1.54, 1.807) is 6.92 Å². The molecule has 0 atom stereocenters. The molecule has 25 heavy (non-hydrogen) atoms. The molecular weight excluding hydrogens is 358 g/mol. The molecule has 0 radical (unpaired) electrons. The zero-order valence-corrected chi connectivity index (χ0v) is 16.0. The number of nitrogens with one attached hydrogen (secondary N) is 1. The molecule has 2 aliphatic rings. The first-order valence-corrected chi connectivity index (χ1v) is 11.2. The number of sulfonamides is 1. The van der Waals surface area contributed by atoms with Gasteiger partial charge in [0.15, 0.2) is 0 Å². The Kier molecular flexibility index (Phi) is 5.46. The molecule has 1 fully saturated rings. The molecule has 1 aliphatic heterocycles. The van der Waals surface area contributed by atoms with Crippen LogP contribution < -0.4 is 5.32 Å². The molecule has 136 valence electrons. The number of rotatable bonds is 4. The van der Waals surface area contributed by atoms with Gasteiger partial charge < -0.3 is 5.32 Å². The van der Waals surface area contributed by atoms with Gasteiger partial charge in [0, 0.05) is 23.9 Å². The Hall–Kier alpha value is -1.43. The SMILES string of the molecule is CCS(=O)(=O)N1CCC(C(=O)Nc2sc3c(c2C#N)CCCC3)CC1. The molecule has 3 rings (SSSR count). The molecule has 6 nitrogen and oxygen atoms in total. The van der Waals surface area contributed by atoms with Crippen LogP contribution in [0.4, 0.5) is 5.00 Å². The predicted octanol–water partition coefficient (Wildman–Crippen LogP) is 2.50. The van der Waals surface area contributed by atoms with Crippen LogP contribution in [0.1, 0.15) is 48.6 Å². The molecule has 1 aromatic heterocycles. The average molecular weight is 382 g/mol. The van der Waals surface area contributed by atoms with Crippen molar-refractivity contribution in [3.63, 3.8) is 0 Å². The van der Waals surface area contributed by atoms with Crippen molar-refractivity contribution in [3.8, 4) is 6.07 Å². The van der Waals surface area contributed by atoms with Crippen LogP contribution in [0.15, 0.2) is 0 Å². The van der Waals surface area contributed by atoms with Gasteiger partial charge in [0.2, 0.25) is 15.9 Å². The van der Waals surface area contributed by atoms with E-state index >= 15 is 0 Å². The topological polar surface area (TPSA) is 90.3 Å². The maximum Gasteiger partial charge on any atom is 0.228 e.